The Kier molecular flexibility index (Phi) is 4.30. The van der Waals surface area contributed by atoms with E-state index >= 15 is 0 Å². The molecule has 126 valence electrons. The first-order valence-electron chi connectivity index (χ1n) is 8.50. The summed E-state index contributed by atoms with van der Waals surface area (Å²) in [6.07, 6.45) is 9.86. The molecule has 5 heteroatoms. The molecule has 2 N–H and O–H groups in total. The molecule has 4 fully saturated rings. The van der Waals surface area contributed by atoms with E-state index in [1.54, 1.807) is 18.3 Å². The first-order valence-corrected chi connectivity index (χ1v) is 8.50. The van der Waals surface area contributed by atoms with E-state index in [0.717, 1.165) is 24.3 Å². The van der Waals surface area contributed by atoms with Gasteiger partial charge in [-0.15, -0.1) is 12.4 Å². The molecule has 0 aliphatic heterocycles. The number of aromatic nitrogens is 1. The van der Waals surface area contributed by atoms with Crippen molar-refractivity contribution in [1.29, 1.82) is 0 Å². The predicted octanol–water partition coefficient (Wildman–Crippen LogP) is 3.37. The van der Waals surface area contributed by atoms with Gasteiger partial charge in [0.2, 0.25) is 0 Å². The zero-order valence-corrected chi connectivity index (χ0v) is 14.5. The summed E-state index contributed by atoms with van der Waals surface area (Å²) in [5.41, 5.74) is 7.13. The SMILES string of the molecule is CN(CC12CC3CC(CC(C3)C1)C2)C(=O)c1ccc(N)cn1.Cl. The van der Waals surface area contributed by atoms with Gasteiger partial charge in [0.1, 0.15) is 5.69 Å². The Morgan fingerprint density at radius 2 is 1.78 bits per heavy atom. The van der Waals surface area contributed by atoms with Gasteiger partial charge in [-0.2, -0.15) is 0 Å². The molecule has 4 aliphatic carbocycles. The van der Waals surface area contributed by atoms with Crippen LogP contribution in [0.15, 0.2) is 18.3 Å². The van der Waals surface area contributed by atoms with Gasteiger partial charge in [0.05, 0.1) is 11.9 Å². The second kappa shape index (κ2) is 5.97. The Balaban J connectivity index is 0.00000156. The molecular formula is C18H26ClN3O. The second-order valence-electron chi connectivity index (χ2n) is 8.06. The maximum Gasteiger partial charge on any atom is 0.272 e. The molecule has 0 aromatic carbocycles. The zero-order valence-electron chi connectivity index (χ0n) is 13.7. The number of nitrogen functional groups attached to an aromatic ring is 1. The van der Waals surface area contributed by atoms with Crippen molar-refractivity contribution in [3.63, 3.8) is 0 Å². The maximum absolute atomic E-state index is 12.6. The van der Waals surface area contributed by atoms with E-state index in [0.29, 0.717) is 16.8 Å². The van der Waals surface area contributed by atoms with Crippen molar-refractivity contribution in [2.24, 2.45) is 23.2 Å². The number of hydrogen-bond acceptors (Lipinski definition) is 3. The summed E-state index contributed by atoms with van der Waals surface area (Å²) in [4.78, 5) is 18.7. The molecule has 1 amide bonds. The number of pyridine rings is 1. The third kappa shape index (κ3) is 3.06. The summed E-state index contributed by atoms with van der Waals surface area (Å²) in [5.74, 6) is 2.79. The average Bonchev–Trinajstić information content (AvgIpc) is 2.45. The van der Waals surface area contributed by atoms with Gasteiger partial charge in [-0.1, -0.05) is 0 Å². The van der Waals surface area contributed by atoms with E-state index in [1.165, 1.54) is 38.5 Å². The molecule has 5 rings (SSSR count). The fourth-order valence-corrected chi connectivity index (χ4v) is 5.79. The van der Waals surface area contributed by atoms with Crippen LogP contribution in [0.3, 0.4) is 0 Å². The maximum atomic E-state index is 12.6. The molecule has 4 saturated carbocycles. The Morgan fingerprint density at radius 3 is 2.26 bits per heavy atom. The van der Waals surface area contributed by atoms with Crippen molar-refractivity contribution in [3.8, 4) is 0 Å². The Morgan fingerprint density at radius 1 is 1.22 bits per heavy atom. The smallest absolute Gasteiger partial charge is 0.272 e. The lowest BCUT2D eigenvalue weighted by Gasteiger charge is -2.57. The molecule has 0 atom stereocenters. The number of nitrogens with two attached hydrogens (primary N) is 1. The van der Waals surface area contributed by atoms with Gasteiger partial charge in [0, 0.05) is 13.6 Å². The highest BCUT2D eigenvalue weighted by Gasteiger charge is 2.51. The lowest BCUT2D eigenvalue weighted by molar-refractivity contribution is -0.0629. The highest BCUT2D eigenvalue weighted by molar-refractivity contribution is 5.92. The van der Waals surface area contributed by atoms with Crippen LogP contribution < -0.4 is 5.73 Å². The first kappa shape index (κ1) is 16.6. The fourth-order valence-electron chi connectivity index (χ4n) is 5.79. The molecule has 4 bridgehead atoms. The summed E-state index contributed by atoms with van der Waals surface area (Å²) in [6.45, 7) is 0.890. The third-order valence-electron chi connectivity index (χ3n) is 6.09. The van der Waals surface area contributed by atoms with Gasteiger partial charge in [-0.05, 0) is 73.8 Å². The van der Waals surface area contributed by atoms with Gasteiger partial charge in [0.25, 0.3) is 5.91 Å². The van der Waals surface area contributed by atoms with Crippen LogP contribution in [0.1, 0.15) is 49.0 Å². The van der Waals surface area contributed by atoms with E-state index in [-0.39, 0.29) is 18.3 Å². The van der Waals surface area contributed by atoms with Crippen LogP contribution in [0.25, 0.3) is 0 Å². The number of carbonyl (C=O) groups is 1. The van der Waals surface area contributed by atoms with Crippen molar-refractivity contribution < 1.29 is 4.79 Å². The topological polar surface area (TPSA) is 59.2 Å². The number of nitrogens with zero attached hydrogens (tertiary/aromatic N) is 2. The first-order chi connectivity index (χ1) is 10.5. The van der Waals surface area contributed by atoms with Gasteiger partial charge >= 0.3 is 0 Å². The molecule has 23 heavy (non-hydrogen) atoms. The second-order valence-corrected chi connectivity index (χ2v) is 8.06. The number of halogens is 1. The minimum atomic E-state index is 0. The van der Waals surface area contributed by atoms with E-state index in [4.69, 9.17) is 5.73 Å². The highest BCUT2D eigenvalue weighted by Crippen LogP contribution is 2.60. The molecule has 0 spiro atoms. The Hall–Kier alpha value is -1.29. The Bertz CT molecular complexity index is 551. The summed E-state index contributed by atoms with van der Waals surface area (Å²) in [5, 5.41) is 0. The number of amides is 1. The lowest BCUT2D eigenvalue weighted by atomic mass is 9.49. The summed E-state index contributed by atoms with van der Waals surface area (Å²) in [6, 6.07) is 3.48. The minimum Gasteiger partial charge on any atom is -0.397 e. The van der Waals surface area contributed by atoms with Crippen molar-refractivity contribution in [3.05, 3.63) is 24.0 Å². The van der Waals surface area contributed by atoms with Gasteiger partial charge in [-0.25, -0.2) is 4.98 Å². The van der Waals surface area contributed by atoms with Gasteiger partial charge < -0.3 is 10.6 Å². The molecule has 4 aliphatic rings. The van der Waals surface area contributed by atoms with Crippen LogP contribution in [0.4, 0.5) is 5.69 Å². The molecule has 0 unspecified atom stereocenters. The van der Waals surface area contributed by atoms with E-state index in [1.807, 2.05) is 11.9 Å². The van der Waals surface area contributed by atoms with Crippen LogP contribution in [0.2, 0.25) is 0 Å². The Labute approximate surface area is 144 Å². The molecule has 1 heterocycles. The van der Waals surface area contributed by atoms with E-state index in [9.17, 15) is 4.79 Å². The highest BCUT2D eigenvalue weighted by atomic mass is 35.5. The fraction of sp³-hybridized carbons (Fsp3) is 0.667. The largest absolute Gasteiger partial charge is 0.397 e. The number of hydrogen-bond donors (Lipinski definition) is 1. The molecule has 1 aromatic heterocycles. The normalized spacial score (nSPS) is 34.0. The van der Waals surface area contributed by atoms with Crippen molar-refractivity contribution in [2.45, 2.75) is 38.5 Å². The van der Waals surface area contributed by atoms with Crippen LogP contribution in [0, 0.1) is 23.2 Å². The molecule has 4 nitrogen and oxygen atoms in total. The summed E-state index contributed by atoms with van der Waals surface area (Å²) < 4.78 is 0. The molecular weight excluding hydrogens is 310 g/mol. The van der Waals surface area contributed by atoms with Gasteiger partial charge in [0.15, 0.2) is 0 Å². The number of rotatable bonds is 3. The minimum absolute atomic E-state index is 0. The van der Waals surface area contributed by atoms with Crippen molar-refractivity contribution >= 4 is 24.0 Å². The van der Waals surface area contributed by atoms with Crippen molar-refractivity contribution in [1.82, 2.24) is 9.88 Å². The van der Waals surface area contributed by atoms with Crippen LogP contribution >= 0.6 is 12.4 Å². The van der Waals surface area contributed by atoms with E-state index in [2.05, 4.69) is 4.98 Å². The van der Waals surface area contributed by atoms with Crippen molar-refractivity contribution in [2.75, 3.05) is 19.3 Å². The third-order valence-corrected chi connectivity index (χ3v) is 6.09. The average molecular weight is 336 g/mol. The standard InChI is InChI=1S/C18H25N3O.ClH/c1-21(17(22)16-3-2-15(19)10-20-16)11-18-7-12-4-13(8-18)6-14(5-12)9-18;/h2-3,10,12-14H,4-9,11,19H2,1H3;1H. The van der Waals surface area contributed by atoms with Gasteiger partial charge in [-0.3, -0.25) is 4.79 Å². The number of anilines is 1. The summed E-state index contributed by atoms with van der Waals surface area (Å²) in [7, 11) is 1.93. The quantitative estimate of drug-likeness (QED) is 0.921. The van der Waals surface area contributed by atoms with E-state index < -0.39 is 0 Å². The number of carbonyl (C=O) groups excluding carboxylic acids is 1. The van der Waals surface area contributed by atoms with Crippen LogP contribution in [-0.4, -0.2) is 29.4 Å². The summed E-state index contributed by atoms with van der Waals surface area (Å²) >= 11 is 0. The lowest BCUT2D eigenvalue weighted by Crippen LogP contribution is -2.51. The molecule has 1 aromatic rings. The van der Waals surface area contributed by atoms with Crippen LogP contribution in [0.5, 0.6) is 0 Å². The monoisotopic (exact) mass is 335 g/mol. The molecule has 0 saturated heterocycles. The van der Waals surface area contributed by atoms with Crippen LogP contribution in [-0.2, 0) is 0 Å². The predicted molar refractivity (Wildman–Crippen MR) is 93.5 cm³/mol. The molecule has 0 radical (unpaired) electrons. The zero-order chi connectivity index (χ0) is 15.3.